The van der Waals surface area contributed by atoms with Gasteiger partial charge in [0.1, 0.15) is 0 Å². The highest BCUT2D eigenvalue weighted by molar-refractivity contribution is 5.96. The zero-order valence-corrected chi connectivity index (χ0v) is 14.1. The Morgan fingerprint density at radius 3 is 2.67 bits per heavy atom. The van der Waals surface area contributed by atoms with Gasteiger partial charge in [-0.3, -0.25) is 14.4 Å². The number of carboxylic acids is 1. The predicted molar refractivity (Wildman–Crippen MR) is 90.6 cm³/mol. The lowest BCUT2D eigenvalue weighted by molar-refractivity contribution is -0.139. The van der Waals surface area contributed by atoms with Crippen LogP contribution < -0.4 is 5.32 Å². The van der Waals surface area contributed by atoms with Crippen molar-refractivity contribution in [3.63, 3.8) is 0 Å². The molecule has 6 heteroatoms. The summed E-state index contributed by atoms with van der Waals surface area (Å²) in [5, 5.41) is 11.7. The molecule has 0 fully saturated rings. The molecule has 0 spiro atoms. The molecule has 1 heterocycles. The molecule has 1 aromatic carbocycles. The molecular weight excluding hydrogens is 308 g/mol. The number of amides is 2. The van der Waals surface area contributed by atoms with Gasteiger partial charge in [0, 0.05) is 30.6 Å². The normalized spacial score (nSPS) is 16.5. The molecule has 0 saturated carbocycles. The maximum atomic E-state index is 12.4. The minimum absolute atomic E-state index is 0.0527. The molecule has 0 bridgehead atoms. The Bertz CT molecular complexity index is 627. The number of para-hydroxylation sites is 1. The fraction of sp³-hybridized carbons (Fsp3) is 0.500. The van der Waals surface area contributed by atoms with Crippen LogP contribution in [0.15, 0.2) is 24.3 Å². The molecule has 6 nitrogen and oxygen atoms in total. The molecule has 0 aromatic heterocycles. The van der Waals surface area contributed by atoms with Crippen LogP contribution in [-0.2, 0) is 20.8 Å². The van der Waals surface area contributed by atoms with Crippen LogP contribution in [0.1, 0.15) is 38.7 Å². The number of carbonyl (C=O) groups is 3. The smallest absolute Gasteiger partial charge is 0.305 e. The van der Waals surface area contributed by atoms with Crippen molar-refractivity contribution in [2.24, 2.45) is 5.92 Å². The van der Waals surface area contributed by atoms with E-state index < -0.39 is 5.97 Å². The van der Waals surface area contributed by atoms with Gasteiger partial charge < -0.3 is 15.3 Å². The topological polar surface area (TPSA) is 86.7 Å². The van der Waals surface area contributed by atoms with Gasteiger partial charge in [-0.2, -0.15) is 0 Å². The van der Waals surface area contributed by atoms with Gasteiger partial charge in [0.05, 0.1) is 6.42 Å². The fourth-order valence-corrected chi connectivity index (χ4v) is 2.97. The lowest BCUT2D eigenvalue weighted by Crippen LogP contribution is -2.39. The Morgan fingerprint density at radius 1 is 1.29 bits per heavy atom. The molecule has 1 aliphatic heterocycles. The summed E-state index contributed by atoms with van der Waals surface area (Å²) in [6, 6.07) is 7.62. The monoisotopic (exact) mass is 332 g/mol. The van der Waals surface area contributed by atoms with Gasteiger partial charge in [0.15, 0.2) is 0 Å². The van der Waals surface area contributed by atoms with Crippen molar-refractivity contribution in [1.82, 2.24) is 4.90 Å². The van der Waals surface area contributed by atoms with E-state index >= 15 is 0 Å². The van der Waals surface area contributed by atoms with E-state index in [1.807, 2.05) is 38.1 Å². The molecule has 24 heavy (non-hydrogen) atoms. The van der Waals surface area contributed by atoms with Crippen LogP contribution in [0.25, 0.3) is 0 Å². The molecule has 1 aliphatic rings. The van der Waals surface area contributed by atoms with Crippen LogP contribution in [0, 0.1) is 5.92 Å². The molecule has 130 valence electrons. The number of nitrogens with zero attached hydrogens (tertiary/aromatic N) is 1. The average molecular weight is 332 g/mol. The van der Waals surface area contributed by atoms with Crippen molar-refractivity contribution in [1.29, 1.82) is 0 Å². The highest BCUT2D eigenvalue weighted by atomic mass is 16.4. The summed E-state index contributed by atoms with van der Waals surface area (Å²) >= 11 is 0. The summed E-state index contributed by atoms with van der Waals surface area (Å²) in [7, 11) is 0. The number of carboxylic acid groups (broad SMARTS) is 1. The van der Waals surface area contributed by atoms with Gasteiger partial charge in [-0.1, -0.05) is 18.2 Å². The first-order valence-corrected chi connectivity index (χ1v) is 8.28. The maximum absolute atomic E-state index is 12.4. The van der Waals surface area contributed by atoms with Crippen LogP contribution in [0.5, 0.6) is 0 Å². The Kier molecular flexibility index (Phi) is 5.95. The van der Waals surface area contributed by atoms with Crippen LogP contribution in [0.4, 0.5) is 5.69 Å². The summed E-state index contributed by atoms with van der Waals surface area (Å²) in [5.74, 6) is -1.30. The van der Waals surface area contributed by atoms with Crippen molar-refractivity contribution in [2.75, 3.05) is 11.9 Å². The number of fused-ring (bicyclic) bond motifs is 1. The van der Waals surface area contributed by atoms with E-state index in [0.29, 0.717) is 12.8 Å². The van der Waals surface area contributed by atoms with Gasteiger partial charge in [-0.05, 0) is 38.3 Å². The Labute approximate surface area is 141 Å². The number of anilines is 1. The van der Waals surface area contributed by atoms with E-state index in [2.05, 4.69) is 5.32 Å². The zero-order valence-electron chi connectivity index (χ0n) is 14.1. The molecule has 2 rings (SSSR count). The lowest BCUT2D eigenvalue weighted by Gasteiger charge is -2.28. The van der Waals surface area contributed by atoms with Gasteiger partial charge >= 0.3 is 5.97 Å². The van der Waals surface area contributed by atoms with Crippen molar-refractivity contribution >= 4 is 23.5 Å². The largest absolute Gasteiger partial charge is 0.481 e. The number of hydrogen-bond donors (Lipinski definition) is 2. The van der Waals surface area contributed by atoms with Gasteiger partial charge in [-0.15, -0.1) is 0 Å². The van der Waals surface area contributed by atoms with Crippen molar-refractivity contribution in [2.45, 2.75) is 45.6 Å². The molecule has 1 atom stereocenters. The highest BCUT2D eigenvalue weighted by Gasteiger charge is 2.27. The highest BCUT2D eigenvalue weighted by Crippen LogP contribution is 2.27. The van der Waals surface area contributed by atoms with E-state index in [4.69, 9.17) is 5.11 Å². The fourth-order valence-electron chi connectivity index (χ4n) is 2.97. The first-order valence-electron chi connectivity index (χ1n) is 8.28. The molecule has 0 radical (unpaired) electrons. The quantitative estimate of drug-likeness (QED) is 0.802. The van der Waals surface area contributed by atoms with E-state index in [0.717, 1.165) is 11.3 Å². The average Bonchev–Trinajstić information content (AvgIpc) is 2.52. The summed E-state index contributed by atoms with van der Waals surface area (Å²) in [6.45, 7) is 3.93. The third-order valence-corrected chi connectivity index (χ3v) is 4.33. The number of rotatable bonds is 7. The number of benzene rings is 1. The summed E-state index contributed by atoms with van der Waals surface area (Å²) < 4.78 is 0. The van der Waals surface area contributed by atoms with E-state index in [1.54, 1.807) is 4.90 Å². The first-order chi connectivity index (χ1) is 11.4. The molecule has 0 saturated heterocycles. The number of hydrogen-bond acceptors (Lipinski definition) is 3. The molecule has 2 N–H and O–H groups in total. The van der Waals surface area contributed by atoms with Crippen LogP contribution in [0.3, 0.4) is 0 Å². The SMILES string of the molecule is CC(C)N(CCC(=O)O)C(=O)CCC1Cc2ccccc2NC1=O. The predicted octanol–water partition coefficient (Wildman–Crippen LogP) is 2.29. The van der Waals surface area contributed by atoms with E-state index in [-0.39, 0.29) is 43.2 Å². The second-order valence-corrected chi connectivity index (χ2v) is 6.41. The van der Waals surface area contributed by atoms with Gasteiger partial charge in [-0.25, -0.2) is 0 Å². The Morgan fingerprint density at radius 2 is 2.00 bits per heavy atom. The Hall–Kier alpha value is -2.37. The summed E-state index contributed by atoms with van der Waals surface area (Å²) in [5.41, 5.74) is 1.93. The van der Waals surface area contributed by atoms with Crippen LogP contribution in [0.2, 0.25) is 0 Å². The summed E-state index contributed by atoms with van der Waals surface area (Å²) in [6.07, 6.45) is 1.28. The zero-order chi connectivity index (χ0) is 17.7. The first kappa shape index (κ1) is 18.0. The minimum atomic E-state index is -0.920. The van der Waals surface area contributed by atoms with Gasteiger partial charge in [0.25, 0.3) is 0 Å². The number of aliphatic carboxylic acids is 1. The number of nitrogens with one attached hydrogen (secondary N) is 1. The third kappa shape index (κ3) is 4.57. The third-order valence-electron chi connectivity index (χ3n) is 4.33. The minimum Gasteiger partial charge on any atom is -0.481 e. The number of carbonyl (C=O) groups excluding carboxylic acids is 2. The molecule has 1 aromatic rings. The second-order valence-electron chi connectivity index (χ2n) is 6.41. The second kappa shape index (κ2) is 7.95. The lowest BCUT2D eigenvalue weighted by atomic mass is 9.89. The van der Waals surface area contributed by atoms with Crippen LogP contribution >= 0.6 is 0 Å². The van der Waals surface area contributed by atoms with Crippen molar-refractivity contribution < 1.29 is 19.5 Å². The standard InChI is InChI=1S/C18H24N2O4/c1-12(2)20(10-9-17(22)23)16(21)8-7-14-11-13-5-3-4-6-15(13)19-18(14)24/h3-6,12,14H,7-11H2,1-2H3,(H,19,24)(H,22,23). The maximum Gasteiger partial charge on any atom is 0.305 e. The summed E-state index contributed by atoms with van der Waals surface area (Å²) in [4.78, 5) is 36.9. The van der Waals surface area contributed by atoms with Crippen LogP contribution in [-0.4, -0.2) is 40.4 Å². The molecule has 1 unspecified atom stereocenters. The van der Waals surface area contributed by atoms with Gasteiger partial charge in [0.2, 0.25) is 11.8 Å². The van der Waals surface area contributed by atoms with Crippen molar-refractivity contribution in [3.8, 4) is 0 Å². The molecule has 0 aliphatic carbocycles. The molecule has 2 amide bonds. The van der Waals surface area contributed by atoms with E-state index in [1.165, 1.54) is 0 Å². The molecular formula is C18H24N2O4. The Balaban J connectivity index is 1.93. The van der Waals surface area contributed by atoms with Crippen molar-refractivity contribution in [3.05, 3.63) is 29.8 Å². The van der Waals surface area contributed by atoms with E-state index in [9.17, 15) is 14.4 Å².